The van der Waals surface area contributed by atoms with Crippen LogP contribution in [0.1, 0.15) is 71.1 Å². The lowest BCUT2D eigenvalue weighted by atomic mass is 9.70. The average molecular weight is 224 g/mol. The molecule has 0 aromatic heterocycles. The second-order valence-corrected chi connectivity index (χ2v) is 6.15. The molecule has 1 heteroatoms. The molecule has 0 aromatic rings. The fourth-order valence-corrected chi connectivity index (χ4v) is 3.99. The fraction of sp³-hybridized carbons (Fsp3) is 1.00. The molecule has 2 aliphatic carbocycles. The zero-order valence-electron chi connectivity index (χ0n) is 10.8. The number of aliphatic hydroxyl groups excluding tert-OH is 1. The second kappa shape index (κ2) is 6.05. The Bertz CT molecular complexity index is 194. The van der Waals surface area contributed by atoms with E-state index in [0.717, 1.165) is 30.6 Å². The summed E-state index contributed by atoms with van der Waals surface area (Å²) in [7, 11) is 0. The molecule has 2 aliphatic rings. The maximum Gasteiger partial charge on any atom is 0.0543 e. The van der Waals surface area contributed by atoms with Crippen LogP contribution in [-0.4, -0.2) is 11.2 Å². The summed E-state index contributed by atoms with van der Waals surface area (Å²) < 4.78 is 0. The van der Waals surface area contributed by atoms with Gasteiger partial charge in [-0.3, -0.25) is 0 Å². The van der Waals surface area contributed by atoms with Crippen LogP contribution in [-0.2, 0) is 0 Å². The molecule has 2 rings (SSSR count). The molecule has 0 bridgehead atoms. The predicted octanol–water partition coefficient (Wildman–Crippen LogP) is 4.14. The van der Waals surface area contributed by atoms with E-state index in [0.29, 0.717) is 0 Å². The van der Waals surface area contributed by atoms with Crippen LogP contribution in [0.25, 0.3) is 0 Å². The van der Waals surface area contributed by atoms with Gasteiger partial charge in [0.05, 0.1) is 6.10 Å². The van der Waals surface area contributed by atoms with Crippen molar-refractivity contribution in [2.75, 3.05) is 0 Å². The Morgan fingerprint density at radius 1 is 0.938 bits per heavy atom. The summed E-state index contributed by atoms with van der Waals surface area (Å²) >= 11 is 0. The van der Waals surface area contributed by atoms with Crippen LogP contribution in [0.5, 0.6) is 0 Å². The highest BCUT2D eigenvalue weighted by molar-refractivity contribution is 4.82. The standard InChI is InChI=1S/C15H28O/c1-2-4-12-7-9-13(10-8-12)14-5-3-6-15(16)11-14/h12-16H,2-11H2,1H3/t12-,13+,14-,15-/m1/s1. The normalized spacial score (nSPS) is 40.9. The molecule has 0 radical (unpaired) electrons. The van der Waals surface area contributed by atoms with E-state index in [4.69, 9.17) is 0 Å². The van der Waals surface area contributed by atoms with Gasteiger partial charge >= 0.3 is 0 Å². The van der Waals surface area contributed by atoms with Gasteiger partial charge in [-0.05, 0) is 49.9 Å². The highest BCUT2D eigenvalue weighted by atomic mass is 16.3. The average Bonchev–Trinajstić information content (AvgIpc) is 2.30. The van der Waals surface area contributed by atoms with E-state index in [2.05, 4.69) is 6.92 Å². The van der Waals surface area contributed by atoms with E-state index in [9.17, 15) is 5.11 Å². The van der Waals surface area contributed by atoms with E-state index in [1.54, 1.807) is 0 Å². The molecule has 1 N–H and O–H groups in total. The van der Waals surface area contributed by atoms with Crippen LogP contribution in [0.3, 0.4) is 0 Å². The molecular weight excluding hydrogens is 196 g/mol. The fourth-order valence-electron chi connectivity index (χ4n) is 3.99. The van der Waals surface area contributed by atoms with E-state index >= 15 is 0 Å². The topological polar surface area (TPSA) is 20.2 Å². The molecule has 94 valence electrons. The Balaban J connectivity index is 1.75. The molecule has 0 unspecified atom stereocenters. The summed E-state index contributed by atoms with van der Waals surface area (Å²) in [6, 6.07) is 0. The highest BCUT2D eigenvalue weighted by Gasteiger charge is 2.30. The van der Waals surface area contributed by atoms with Crippen molar-refractivity contribution in [2.24, 2.45) is 17.8 Å². The van der Waals surface area contributed by atoms with Gasteiger partial charge in [0.1, 0.15) is 0 Å². The Labute approximate surface area is 101 Å². The Hall–Kier alpha value is -0.0400. The number of aliphatic hydroxyl groups is 1. The summed E-state index contributed by atoms with van der Waals surface area (Å²) in [6.07, 6.45) is 13.5. The first-order chi connectivity index (χ1) is 7.79. The monoisotopic (exact) mass is 224 g/mol. The third-order valence-corrected chi connectivity index (χ3v) is 4.94. The van der Waals surface area contributed by atoms with Crippen molar-refractivity contribution in [1.29, 1.82) is 0 Å². The first-order valence-corrected chi connectivity index (χ1v) is 7.47. The molecule has 2 atom stereocenters. The predicted molar refractivity (Wildman–Crippen MR) is 68.3 cm³/mol. The van der Waals surface area contributed by atoms with Gasteiger partial charge in [-0.2, -0.15) is 0 Å². The molecular formula is C15H28O. The zero-order valence-corrected chi connectivity index (χ0v) is 10.8. The van der Waals surface area contributed by atoms with Crippen LogP contribution >= 0.6 is 0 Å². The quantitative estimate of drug-likeness (QED) is 0.763. The van der Waals surface area contributed by atoms with Crippen LogP contribution in [0.4, 0.5) is 0 Å². The van der Waals surface area contributed by atoms with E-state index in [-0.39, 0.29) is 6.10 Å². The third kappa shape index (κ3) is 3.23. The molecule has 1 nitrogen and oxygen atoms in total. The van der Waals surface area contributed by atoms with Crippen LogP contribution in [0, 0.1) is 17.8 Å². The van der Waals surface area contributed by atoms with Crippen molar-refractivity contribution in [3.05, 3.63) is 0 Å². The van der Waals surface area contributed by atoms with Crippen molar-refractivity contribution >= 4 is 0 Å². The second-order valence-electron chi connectivity index (χ2n) is 6.15. The molecule has 16 heavy (non-hydrogen) atoms. The minimum absolute atomic E-state index is 0.0205. The summed E-state index contributed by atoms with van der Waals surface area (Å²) in [5.74, 6) is 2.82. The van der Waals surface area contributed by atoms with Gasteiger partial charge in [0.25, 0.3) is 0 Å². The summed E-state index contributed by atoms with van der Waals surface area (Å²) in [5.41, 5.74) is 0. The Kier molecular flexibility index (Phi) is 4.69. The summed E-state index contributed by atoms with van der Waals surface area (Å²) in [6.45, 7) is 2.31. The largest absolute Gasteiger partial charge is 0.393 e. The number of hydrogen-bond donors (Lipinski definition) is 1. The van der Waals surface area contributed by atoms with Crippen molar-refractivity contribution in [3.8, 4) is 0 Å². The molecule has 2 saturated carbocycles. The first kappa shape index (κ1) is 12.4. The van der Waals surface area contributed by atoms with Gasteiger partial charge < -0.3 is 5.11 Å². The lowest BCUT2D eigenvalue weighted by Crippen LogP contribution is -2.28. The molecule has 0 aliphatic heterocycles. The Morgan fingerprint density at radius 2 is 1.69 bits per heavy atom. The van der Waals surface area contributed by atoms with Crippen molar-refractivity contribution in [1.82, 2.24) is 0 Å². The van der Waals surface area contributed by atoms with Crippen molar-refractivity contribution < 1.29 is 5.11 Å². The van der Waals surface area contributed by atoms with Gasteiger partial charge in [-0.1, -0.05) is 39.0 Å². The third-order valence-electron chi connectivity index (χ3n) is 4.94. The van der Waals surface area contributed by atoms with E-state index < -0.39 is 0 Å². The van der Waals surface area contributed by atoms with Gasteiger partial charge in [0.2, 0.25) is 0 Å². The van der Waals surface area contributed by atoms with Crippen LogP contribution < -0.4 is 0 Å². The molecule has 0 saturated heterocycles. The van der Waals surface area contributed by atoms with E-state index in [1.165, 1.54) is 51.4 Å². The Morgan fingerprint density at radius 3 is 2.31 bits per heavy atom. The first-order valence-electron chi connectivity index (χ1n) is 7.47. The van der Waals surface area contributed by atoms with Gasteiger partial charge in [0.15, 0.2) is 0 Å². The van der Waals surface area contributed by atoms with Gasteiger partial charge in [-0.15, -0.1) is 0 Å². The maximum atomic E-state index is 9.75. The molecule has 2 fully saturated rings. The number of rotatable bonds is 3. The minimum atomic E-state index is 0.0205. The smallest absolute Gasteiger partial charge is 0.0543 e. The zero-order chi connectivity index (χ0) is 11.4. The maximum absolute atomic E-state index is 9.75. The molecule has 0 aromatic carbocycles. The van der Waals surface area contributed by atoms with Crippen LogP contribution in [0.2, 0.25) is 0 Å². The molecule has 0 spiro atoms. The minimum Gasteiger partial charge on any atom is -0.393 e. The lowest BCUT2D eigenvalue weighted by Gasteiger charge is -2.37. The van der Waals surface area contributed by atoms with Gasteiger partial charge in [0, 0.05) is 0 Å². The summed E-state index contributed by atoms with van der Waals surface area (Å²) in [5, 5.41) is 9.75. The summed E-state index contributed by atoms with van der Waals surface area (Å²) in [4.78, 5) is 0. The van der Waals surface area contributed by atoms with Crippen LogP contribution in [0.15, 0.2) is 0 Å². The highest BCUT2D eigenvalue weighted by Crippen LogP contribution is 2.40. The van der Waals surface area contributed by atoms with E-state index in [1.807, 2.05) is 0 Å². The SMILES string of the molecule is CCC[C@H]1CC[C@@H]([C@@H]2CCC[C@@H](O)C2)CC1. The molecule has 0 heterocycles. The van der Waals surface area contributed by atoms with Gasteiger partial charge in [-0.25, -0.2) is 0 Å². The number of hydrogen-bond acceptors (Lipinski definition) is 1. The molecule has 0 amide bonds. The van der Waals surface area contributed by atoms with Crippen molar-refractivity contribution in [2.45, 2.75) is 77.2 Å². The lowest BCUT2D eigenvalue weighted by molar-refractivity contribution is 0.0641. The van der Waals surface area contributed by atoms with Crippen molar-refractivity contribution in [3.63, 3.8) is 0 Å².